The van der Waals surface area contributed by atoms with E-state index in [4.69, 9.17) is 27.1 Å². The number of amides is 1. The van der Waals surface area contributed by atoms with Gasteiger partial charge < -0.3 is 20.2 Å². The lowest BCUT2D eigenvalue weighted by atomic mass is 10.2. The molecule has 3 rings (SSSR count). The van der Waals surface area contributed by atoms with Crippen molar-refractivity contribution in [3.63, 3.8) is 0 Å². The first-order valence-corrected chi connectivity index (χ1v) is 6.79. The Balaban J connectivity index is 1.82. The minimum absolute atomic E-state index is 0.0738. The second kappa shape index (κ2) is 5.13. The highest BCUT2D eigenvalue weighted by Crippen LogP contribution is 2.33. The van der Waals surface area contributed by atoms with Crippen molar-refractivity contribution in [3.05, 3.63) is 30.0 Å². The zero-order valence-electron chi connectivity index (χ0n) is 10.7. The summed E-state index contributed by atoms with van der Waals surface area (Å²) in [4.78, 5) is 11.8. The van der Waals surface area contributed by atoms with Gasteiger partial charge in [-0.15, -0.1) is 0 Å². The molecule has 1 heterocycles. The number of carbonyl (C=O) groups is 1. The quantitative estimate of drug-likeness (QED) is 0.820. The topological polar surface area (TPSA) is 77.5 Å². The summed E-state index contributed by atoms with van der Waals surface area (Å²) in [7, 11) is 0. The number of hydrogen-bond acceptors (Lipinski definition) is 4. The van der Waals surface area contributed by atoms with Crippen LogP contribution in [0.5, 0.6) is 5.75 Å². The number of furan rings is 1. The normalized spacial score (nSPS) is 14.2. The van der Waals surface area contributed by atoms with E-state index in [1.54, 1.807) is 6.07 Å². The number of ether oxygens (including phenoxy) is 1. The van der Waals surface area contributed by atoms with Gasteiger partial charge >= 0.3 is 0 Å². The number of nitrogens with two attached hydrogens (primary N) is 1. The summed E-state index contributed by atoms with van der Waals surface area (Å²) in [5.41, 5.74) is 6.26. The van der Waals surface area contributed by atoms with Gasteiger partial charge in [-0.25, -0.2) is 0 Å². The molecule has 0 aliphatic heterocycles. The monoisotopic (exact) mass is 290 g/mol. The van der Waals surface area contributed by atoms with Crippen LogP contribution in [-0.2, 0) is 4.79 Å². The molecule has 0 saturated heterocycles. The van der Waals surface area contributed by atoms with Crippen LogP contribution in [0.1, 0.15) is 18.6 Å². The summed E-state index contributed by atoms with van der Waals surface area (Å²) >= 11 is 4.95. The molecule has 1 aromatic carbocycles. The molecule has 104 valence electrons. The van der Waals surface area contributed by atoms with Crippen molar-refractivity contribution < 1.29 is 13.9 Å². The van der Waals surface area contributed by atoms with Crippen molar-refractivity contribution in [1.29, 1.82) is 0 Å². The zero-order valence-corrected chi connectivity index (χ0v) is 11.5. The lowest BCUT2D eigenvalue weighted by Crippen LogP contribution is -2.30. The molecule has 0 spiro atoms. The highest BCUT2D eigenvalue weighted by molar-refractivity contribution is 7.80. The molecule has 2 aromatic rings. The highest BCUT2D eigenvalue weighted by atomic mass is 32.1. The van der Waals surface area contributed by atoms with Crippen LogP contribution in [0.4, 0.5) is 0 Å². The number of fused-ring (bicyclic) bond motifs is 1. The van der Waals surface area contributed by atoms with Gasteiger partial charge in [-0.2, -0.15) is 0 Å². The standard InChI is InChI=1S/C14H14N2O3S/c15-14(20)13-12(9-3-1-2-4-10(9)19-13)18-7-11(17)16-8-5-6-8/h1-4,8H,5-7H2,(H2,15,20)(H,16,17). The number of para-hydroxylation sites is 1. The first-order chi connectivity index (χ1) is 9.65. The second-order valence-corrected chi connectivity index (χ2v) is 5.19. The molecular formula is C14H14N2O3S. The van der Waals surface area contributed by atoms with Gasteiger partial charge in [0.1, 0.15) is 10.6 Å². The number of rotatable bonds is 5. The van der Waals surface area contributed by atoms with E-state index in [1.807, 2.05) is 18.2 Å². The average molecular weight is 290 g/mol. The van der Waals surface area contributed by atoms with Crippen LogP contribution < -0.4 is 15.8 Å². The van der Waals surface area contributed by atoms with Gasteiger partial charge in [0.2, 0.25) is 5.76 Å². The fourth-order valence-electron chi connectivity index (χ4n) is 1.96. The van der Waals surface area contributed by atoms with E-state index in [1.165, 1.54) is 0 Å². The molecule has 1 aliphatic carbocycles. The van der Waals surface area contributed by atoms with E-state index >= 15 is 0 Å². The van der Waals surface area contributed by atoms with Crippen molar-refractivity contribution in [2.75, 3.05) is 6.61 Å². The maximum atomic E-state index is 11.7. The summed E-state index contributed by atoms with van der Waals surface area (Å²) in [5, 5.41) is 3.61. The molecule has 3 N–H and O–H groups in total. The van der Waals surface area contributed by atoms with Gasteiger partial charge in [0.05, 0.1) is 5.39 Å². The molecule has 1 amide bonds. The molecule has 5 nitrogen and oxygen atoms in total. The van der Waals surface area contributed by atoms with Crippen molar-refractivity contribution in [3.8, 4) is 5.75 Å². The van der Waals surface area contributed by atoms with Crippen LogP contribution in [0, 0.1) is 0 Å². The van der Waals surface area contributed by atoms with Crippen molar-refractivity contribution in [2.45, 2.75) is 18.9 Å². The Bertz CT molecular complexity index is 676. The number of benzene rings is 1. The Morgan fingerprint density at radius 3 is 2.90 bits per heavy atom. The van der Waals surface area contributed by atoms with Crippen LogP contribution in [-0.4, -0.2) is 23.5 Å². The number of thiocarbonyl (C=S) groups is 1. The number of carbonyl (C=O) groups excluding carboxylic acids is 1. The van der Waals surface area contributed by atoms with E-state index in [9.17, 15) is 4.79 Å². The van der Waals surface area contributed by atoms with Gasteiger partial charge in [0, 0.05) is 6.04 Å². The van der Waals surface area contributed by atoms with Gasteiger partial charge in [-0.3, -0.25) is 4.79 Å². The van der Waals surface area contributed by atoms with Crippen LogP contribution in [0.2, 0.25) is 0 Å². The molecule has 0 unspecified atom stereocenters. The lowest BCUT2D eigenvalue weighted by Gasteiger charge is -2.06. The van der Waals surface area contributed by atoms with Gasteiger partial charge in [0.15, 0.2) is 12.4 Å². The van der Waals surface area contributed by atoms with E-state index in [0.717, 1.165) is 18.2 Å². The summed E-state index contributed by atoms with van der Waals surface area (Å²) in [6, 6.07) is 7.65. The number of nitrogens with one attached hydrogen (secondary N) is 1. The molecule has 20 heavy (non-hydrogen) atoms. The summed E-state index contributed by atoms with van der Waals surface area (Å²) < 4.78 is 11.1. The summed E-state index contributed by atoms with van der Waals surface area (Å²) in [6.07, 6.45) is 2.08. The van der Waals surface area contributed by atoms with Crippen LogP contribution in [0.25, 0.3) is 11.0 Å². The fraction of sp³-hybridized carbons (Fsp3) is 0.286. The van der Waals surface area contributed by atoms with Crippen LogP contribution in [0.15, 0.2) is 28.7 Å². The third-order valence-electron chi connectivity index (χ3n) is 3.06. The average Bonchev–Trinajstić information content (AvgIpc) is 3.15. The smallest absolute Gasteiger partial charge is 0.258 e. The third-order valence-corrected chi connectivity index (χ3v) is 3.25. The van der Waals surface area contributed by atoms with E-state index in [-0.39, 0.29) is 17.5 Å². The molecule has 0 radical (unpaired) electrons. The lowest BCUT2D eigenvalue weighted by molar-refractivity contribution is -0.123. The summed E-state index contributed by atoms with van der Waals surface area (Å²) in [5.74, 6) is 0.589. The number of hydrogen-bond donors (Lipinski definition) is 2. The molecule has 1 aromatic heterocycles. The molecular weight excluding hydrogens is 276 g/mol. The van der Waals surface area contributed by atoms with Gasteiger partial charge in [-0.05, 0) is 25.0 Å². The van der Waals surface area contributed by atoms with E-state index in [2.05, 4.69) is 5.32 Å². The van der Waals surface area contributed by atoms with Crippen LogP contribution in [0.3, 0.4) is 0 Å². The Morgan fingerprint density at radius 1 is 1.45 bits per heavy atom. The Hall–Kier alpha value is -2.08. The van der Waals surface area contributed by atoms with Crippen LogP contribution >= 0.6 is 12.2 Å². The zero-order chi connectivity index (χ0) is 14.1. The molecule has 0 atom stereocenters. The summed E-state index contributed by atoms with van der Waals surface area (Å²) in [6.45, 7) is -0.0738. The molecule has 1 aliphatic rings. The molecule has 1 fully saturated rings. The minimum atomic E-state index is -0.147. The Kier molecular flexibility index (Phi) is 3.31. The Labute approximate surface area is 121 Å². The van der Waals surface area contributed by atoms with E-state index in [0.29, 0.717) is 23.1 Å². The predicted octanol–water partition coefficient (Wildman–Crippen LogP) is 1.72. The molecule has 6 heteroatoms. The molecule has 1 saturated carbocycles. The van der Waals surface area contributed by atoms with Gasteiger partial charge in [-0.1, -0.05) is 24.4 Å². The minimum Gasteiger partial charge on any atom is -0.479 e. The highest BCUT2D eigenvalue weighted by Gasteiger charge is 2.24. The maximum absolute atomic E-state index is 11.7. The first-order valence-electron chi connectivity index (χ1n) is 6.38. The maximum Gasteiger partial charge on any atom is 0.258 e. The van der Waals surface area contributed by atoms with Crippen molar-refractivity contribution >= 4 is 34.1 Å². The Morgan fingerprint density at radius 2 is 2.20 bits per heavy atom. The molecule has 0 bridgehead atoms. The largest absolute Gasteiger partial charge is 0.479 e. The van der Waals surface area contributed by atoms with Crippen molar-refractivity contribution in [2.24, 2.45) is 5.73 Å². The predicted molar refractivity (Wildman–Crippen MR) is 78.8 cm³/mol. The SMILES string of the molecule is NC(=S)c1oc2ccccc2c1OCC(=O)NC1CC1. The third kappa shape index (κ3) is 2.60. The van der Waals surface area contributed by atoms with E-state index < -0.39 is 0 Å². The first kappa shape index (κ1) is 12.9. The van der Waals surface area contributed by atoms with Crippen molar-refractivity contribution in [1.82, 2.24) is 5.32 Å². The second-order valence-electron chi connectivity index (χ2n) is 4.75. The van der Waals surface area contributed by atoms with Gasteiger partial charge in [0.25, 0.3) is 5.91 Å². The fourth-order valence-corrected chi connectivity index (χ4v) is 2.10.